The molecule has 3 aromatic rings. The number of hydrogen-bond donors (Lipinski definition) is 0. The van der Waals surface area contributed by atoms with Gasteiger partial charge in [0.1, 0.15) is 5.75 Å². The summed E-state index contributed by atoms with van der Waals surface area (Å²) in [6, 6.07) is 28.6. The normalized spacial score (nSPS) is 18.9. The molecule has 3 aromatic carbocycles. The SMILES string of the molecule is COc1cccc(C2=NN(C(=O)CN3CCN(Cc4ccccc4)CC3)C(c3ccccc3)C2)c1. The lowest BCUT2D eigenvalue weighted by molar-refractivity contribution is -0.134. The van der Waals surface area contributed by atoms with E-state index in [0.29, 0.717) is 13.0 Å². The Labute approximate surface area is 207 Å². The average Bonchev–Trinajstić information content (AvgIpc) is 3.37. The number of amides is 1. The summed E-state index contributed by atoms with van der Waals surface area (Å²) in [5, 5.41) is 6.54. The minimum absolute atomic E-state index is 0.0493. The number of carbonyl (C=O) groups is 1. The van der Waals surface area contributed by atoms with Gasteiger partial charge in [0.2, 0.25) is 0 Å². The van der Waals surface area contributed by atoms with E-state index in [-0.39, 0.29) is 11.9 Å². The molecule has 6 heteroatoms. The van der Waals surface area contributed by atoms with E-state index < -0.39 is 0 Å². The van der Waals surface area contributed by atoms with E-state index in [1.807, 2.05) is 42.5 Å². The monoisotopic (exact) mass is 468 g/mol. The number of carbonyl (C=O) groups excluding carboxylic acids is 1. The molecule has 0 aliphatic carbocycles. The summed E-state index contributed by atoms with van der Waals surface area (Å²) >= 11 is 0. The summed E-state index contributed by atoms with van der Waals surface area (Å²) in [6.07, 6.45) is 0.688. The zero-order valence-corrected chi connectivity index (χ0v) is 20.2. The van der Waals surface area contributed by atoms with E-state index in [1.165, 1.54) is 5.56 Å². The van der Waals surface area contributed by atoms with E-state index in [0.717, 1.165) is 55.3 Å². The topological polar surface area (TPSA) is 48.4 Å². The van der Waals surface area contributed by atoms with Gasteiger partial charge in [-0.15, -0.1) is 0 Å². The van der Waals surface area contributed by atoms with Crippen molar-refractivity contribution in [2.24, 2.45) is 5.10 Å². The van der Waals surface area contributed by atoms with Crippen molar-refractivity contribution < 1.29 is 9.53 Å². The van der Waals surface area contributed by atoms with Crippen molar-refractivity contribution in [2.75, 3.05) is 39.8 Å². The van der Waals surface area contributed by atoms with E-state index in [9.17, 15) is 4.79 Å². The third-order valence-corrected chi connectivity index (χ3v) is 6.83. The minimum Gasteiger partial charge on any atom is -0.497 e. The smallest absolute Gasteiger partial charge is 0.257 e. The summed E-state index contributed by atoms with van der Waals surface area (Å²) in [5.74, 6) is 0.841. The molecule has 1 unspecified atom stereocenters. The third kappa shape index (κ3) is 5.61. The second-order valence-electron chi connectivity index (χ2n) is 9.19. The molecule has 180 valence electrons. The summed E-state index contributed by atoms with van der Waals surface area (Å²) < 4.78 is 5.40. The van der Waals surface area contributed by atoms with Gasteiger partial charge in [-0.05, 0) is 23.3 Å². The fourth-order valence-corrected chi connectivity index (χ4v) is 4.86. The van der Waals surface area contributed by atoms with Crippen LogP contribution in [0.2, 0.25) is 0 Å². The van der Waals surface area contributed by atoms with Crippen molar-refractivity contribution in [1.29, 1.82) is 0 Å². The molecule has 2 aliphatic heterocycles. The van der Waals surface area contributed by atoms with Gasteiger partial charge in [-0.25, -0.2) is 5.01 Å². The largest absolute Gasteiger partial charge is 0.497 e. The van der Waals surface area contributed by atoms with Gasteiger partial charge in [0.25, 0.3) is 5.91 Å². The highest BCUT2D eigenvalue weighted by Gasteiger charge is 2.34. The molecule has 2 heterocycles. The Kier molecular flexibility index (Phi) is 7.21. The van der Waals surface area contributed by atoms with E-state index >= 15 is 0 Å². The van der Waals surface area contributed by atoms with Crippen LogP contribution in [0.5, 0.6) is 5.75 Å². The molecule has 6 nitrogen and oxygen atoms in total. The van der Waals surface area contributed by atoms with E-state index in [1.54, 1.807) is 12.1 Å². The van der Waals surface area contributed by atoms with E-state index in [4.69, 9.17) is 9.84 Å². The number of ether oxygens (including phenoxy) is 1. The molecule has 5 rings (SSSR count). The Hall–Kier alpha value is -3.48. The third-order valence-electron chi connectivity index (χ3n) is 6.83. The summed E-state index contributed by atoms with van der Waals surface area (Å²) in [6.45, 7) is 5.03. The van der Waals surface area contributed by atoms with Gasteiger partial charge in [-0.3, -0.25) is 14.6 Å². The highest BCUT2D eigenvalue weighted by atomic mass is 16.5. The fraction of sp³-hybridized carbons (Fsp3) is 0.310. The van der Waals surface area contributed by atoms with Crippen LogP contribution < -0.4 is 4.74 Å². The first-order valence-corrected chi connectivity index (χ1v) is 12.3. The van der Waals surface area contributed by atoms with Gasteiger partial charge in [-0.1, -0.05) is 72.8 Å². The first-order chi connectivity index (χ1) is 17.2. The lowest BCUT2D eigenvalue weighted by Gasteiger charge is -2.35. The van der Waals surface area contributed by atoms with Crippen LogP contribution in [-0.2, 0) is 11.3 Å². The molecule has 35 heavy (non-hydrogen) atoms. The van der Waals surface area contributed by atoms with Crippen LogP contribution in [0, 0.1) is 0 Å². The molecule has 1 atom stereocenters. The van der Waals surface area contributed by atoms with Gasteiger partial charge in [0, 0.05) is 44.7 Å². The first-order valence-electron chi connectivity index (χ1n) is 12.3. The van der Waals surface area contributed by atoms with Crippen molar-refractivity contribution in [3.8, 4) is 5.75 Å². The number of rotatable bonds is 7. The molecule has 1 saturated heterocycles. The number of hydrazone groups is 1. The number of hydrogen-bond acceptors (Lipinski definition) is 5. The zero-order valence-electron chi connectivity index (χ0n) is 20.2. The van der Waals surface area contributed by atoms with Gasteiger partial charge < -0.3 is 4.74 Å². The Bertz CT molecular complexity index is 1160. The lowest BCUT2D eigenvalue weighted by Crippen LogP contribution is -2.49. The van der Waals surface area contributed by atoms with Crippen LogP contribution >= 0.6 is 0 Å². The van der Waals surface area contributed by atoms with Crippen molar-refractivity contribution in [1.82, 2.24) is 14.8 Å². The van der Waals surface area contributed by atoms with Crippen LogP contribution in [0.3, 0.4) is 0 Å². The van der Waals surface area contributed by atoms with Gasteiger partial charge >= 0.3 is 0 Å². The molecule has 1 fully saturated rings. The van der Waals surface area contributed by atoms with Gasteiger partial charge in [0.15, 0.2) is 0 Å². The predicted octanol–water partition coefficient (Wildman–Crippen LogP) is 4.19. The quantitative estimate of drug-likeness (QED) is 0.522. The Morgan fingerprint density at radius 2 is 1.57 bits per heavy atom. The highest BCUT2D eigenvalue weighted by Crippen LogP contribution is 2.33. The Morgan fingerprint density at radius 3 is 2.29 bits per heavy atom. The minimum atomic E-state index is -0.0933. The van der Waals surface area contributed by atoms with E-state index in [2.05, 4.69) is 52.3 Å². The van der Waals surface area contributed by atoms with Crippen LogP contribution in [0.15, 0.2) is 90.0 Å². The molecule has 0 aromatic heterocycles. The number of benzene rings is 3. The van der Waals surface area contributed by atoms with Crippen LogP contribution in [0.1, 0.15) is 29.2 Å². The summed E-state index contributed by atoms with van der Waals surface area (Å²) in [4.78, 5) is 18.2. The summed E-state index contributed by atoms with van der Waals surface area (Å²) in [5.41, 5.74) is 4.35. The molecular weight excluding hydrogens is 436 g/mol. The fourth-order valence-electron chi connectivity index (χ4n) is 4.86. The molecular formula is C29H32N4O2. The summed E-state index contributed by atoms with van der Waals surface area (Å²) in [7, 11) is 1.66. The first kappa shape index (κ1) is 23.3. The van der Waals surface area contributed by atoms with Crippen molar-refractivity contribution in [3.05, 3.63) is 102 Å². The Balaban J connectivity index is 1.26. The van der Waals surface area contributed by atoms with Crippen molar-refractivity contribution in [3.63, 3.8) is 0 Å². The molecule has 0 N–H and O–H groups in total. The highest BCUT2D eigenvalue weighted by molar-refractivity contribution is 6.03. The number of nitrogens with zero attached hydrogens (tertiary/aromatic N) is 4. The number of methoxy groups -OCH3 is 1. The second-order valence-corrected chi connectivity index (χ2v) is 9.19. The van der Waals surface area contributed by atoms with Crippen molar-refractivity contribution >= 4 is 11.6 Å². The van der Waals surface area contributed by atoms with Crippen molar-refractivity contribution in [2.45, 2.75) is 19.0 Å². The average molecular weight is 469 g/mol. The number of piperazine rings is 1. The van der Waals surface area contributed by atoms with Crippen LogP contribution in [0.25, 0.3) is 0 Å². The molecule has 2 aliphatic rings. The van der Waals surface area contributed by atoms with Crippen LogP contribution in [-0.4, -0.2) is 66.3 Å². The van der Waals surface area contributed by atoms with Gasteiger partial charge in [0.05, 0.1) is 25.4 Å². The predicted molar refractivity (Wildman–Crippen MR) is 138 cm³/mol. The lowest BCUT2D eigenvalue weighted by atomic mass is 9.98. The van der Waals surface area contributed by atoms with Crippen LogP contribution in [0.4, 0.5) is 0 Å². The Morgan fingerprint density at radius 1 is 0.886 bits per heavy atom. The molecule has 0 radical (unpaired) electrons. The molecule has 0 bridgehead atoms. The maximum absolute atomic E-state index is 13.5. The molecule has 0 saturated carbocycles. The molecule has 0 spiro atoms. The zero-order chi connectivity index (χ0) is 24.0. The standard InChI is InChI=1S/C29H32N4O2/c1-35-26-14-8-13-25(19-26)27-20-28(24-11-6-3-7-12-24)33(30-27)29(34)22-32-17-15-31(16-18-32)21-23-9-4-2-5-10-23/h2-14,19,28H,15-18,20-22H2,1H3. The van der Waals surface area contributed by atoms with Gasteiger partial charge in [-0.2, -0.15) is 5.10 Å². The molecule has 1 amide bonds. The second kappa shape index (κ2) is 10.8. The maximum atomic E-state index is 13.5. The maximum Gasteiger partial charge on any atom is 0.257 e.